The lowest BCUT2D eigenvalue weighted by Gasteiger charge is -1.95. The van der Waals surface area contributed by atoms with Crippen LogP contribution in [0.5, 0.6) is 0 Å². The fourth-order valence-corrected chi connectivity index (χ4v) is 1.87. The number of thiophene rings is 1. The van der Waals surface area contributed by atoms with Gasteiger partial charge in [-0.05, 0) is 25.1 Å². The Balaban J connectivity index is 2.43. The van der Waals surface area contributed by atoms with Crippen LogP contribution in [0.4, 0.5) is 0 Å². The monoisotopic (exact) mass is 204 g/mol. The maximum Gasteiger partial charge on any atom is 0.169 e. The third kappa shape index (κ3) is 1.70. The Kier molecular flexibility index (Phi) is 2.37. The zero-order valence-electron chi connectivity index (χ0n) is 7.60. The van der Waals surface area contributed by atoms with Crippen LogP contribution in [0.3, 0.4) is 0 Å². The smallest absolute Gasteiger partial charge is 0.169 e. The molecule has 2 aromatic rings. The molecule has 0 fully saturated rings. The van der Waals surface area contributed by atoms with Crippen LogP contribution in [0.2, 0.25) is 0 Å². The maximum absolute atomic E-state index is 10.5. The first kappa shape index (κ1) is 9.02. The molecule has 0 aliphatic heterocycles. The largest absolute Gasteiger partial charge is 0.297 e. The number of nitrogens with zero attached hydrogens (tertiary/aromatic N) is 2. The van der Waals surface area contributed by atoms with E-state index in [1.165, 1.54) is 11.3 Å². The molecule has 0 radical (unpaired) electrons. The summed E-state index contributed by atoms with van der Waals surface area (Å²) >= 11 is 1.40. The van der Waals surface area contributed by atoms with Gasteiger partial charge in [-0.25, -0.2) is 9.97 Å². The Morgan fingerprint density at radius 1 is 1.36 bits per heavy atom. The minimum absolute atomic E-state index is 0.683. The van der Waals surface area contributed by atoms with Crippen LogP contribution in [-0.4, -0.2) is 16.3 Å². The van der Waals surface area contributed by atoms with Gasteiger partial charge in [-0.1, -0.05) is 0 Å². The summed E-state index contributed by atoms with van der Waals surface area (Å²) in [5, 5.41) is 0. The van der Waals surface area contributed by atoms with Crippen LogP contribution in [0.1, 0.15) is 15.4 Å². The van der Waals surface area contributed by atoms with E-state index in [1.807, 2.05) is 19.1 Å². The molecule has 3 nitrogen and oxygen atoms in total. The molecule has 0 unspecified atom stereocenters. The molecule has 0 atom stereocenters. The van der Waals surface area contributed by atoms with Gasteiger partial charge >= 0.3 is 0 Å². The number of aromatic nitrogens is 2. The summed E-state index contributed by atoms with van der Waals surface area (Å²) in [6.07, 6.45) is 2.56. The van der Waals surface area contributed by atoms with Crippen LogP contribution in [-0.2, 0) is 0 Å². The van der Waals surface area contributed by atoms with E-state index in [2.05, 4.69) is 9.97 Å². The molecule has 0 N–H and O–H groups in total. The molecular weight excluding hydrogens is 196 g/mol. The van der Waals surface area contributed by atoms with E-state index in [4.69, 9.17) is 0 Å². The van der Waals surface area contributed by atoms with E-state index in [0.29, 0.717) is 10.7 Å². The van der Waals surface area contributed by atoms with Crippen molar-refractivity contribution in [2.45, 2.75) is 6.92 Å². The third-order valence-corrected chi connectivity index (χ3v) is 2.76. The summed E-state index contributed by atoms with van der Waals surface area (Å²) in [5.41, 5.74) is 0.927. The van der Waals surface area contributed by atoms with Crippen molar-refractivity contribution >= 4 is 17.6 Å². The first-order valence-corrected chi connectivity index (χ1v) is 4.96. The predicted molar refractivity (Wildman–Crippen MR) is 55.5 cm³/mol. The highest BCUT2D eigenvalue weighted by molar-refractivity contribution is 7.16. The first-order valence-electron chi connectivity index (χ1n) is 4.14. The van der Waals surface area contributed by atoms with Gasteiger partial charge in [-0.2, -0.15) is 0 Å². The standard InChI is InChI=1S/C10H8N2OS/c1-7-4-5-11-10(12-7)9-3-2-8(6-13)14-9/h2-6H,1H3. The Morgan fingerprint density at radius 2 is 2.21 bits per heavy atom. The Morgan fingerprint density at radius 3 is 2.86 bits per heavy atom. The van der Waals surface area contributed by atoms with E-state index in [9.17, 15) is 4.79 Å². The number of carbonyl (C=O) groups is 1. The number of carbonyl (C=O) groups excluding carboxylic acids is 1. The number of aryl methyl sites for hydroxylation is 1. The minimum atomic E-state index is 0.683. The van der Waals surface area contributed by atoms with Gasteiger partial charge in [0.15, 0.2) is 12.1 Å². The minimum Gasteiger partial charge on any atom is -0.297 e. The zero-order chi connectivity index (χ0) is 9.97. The van der Waals surface area contributed by atoms with Crippen molar-refractivity contribution in [2.24, 2.45) is 0 Å². The van der Waals surface area contributed by atoms with Crippen LogP contribution in [0, 0.1) is 6.92 Å². The maximum atomic E-state index is 10.5. The number of hydrogen-bond acceptors (Lipinski definition) is 4. The van der Waals surface area contributed by atoms with Gasteiger partial charge in [-0.15, -0.1) is 11.3 Å². The van der Waals surface area contributed by atoms with Crippen molar-refractivity contribution in [1.82, 2.24) is 9.97 Å². The molecule has 0 spiro atoms. The van der Waals surface area contributed by atoms with Crippen LogP contribution >= 0.6 is 11.3 Å². The van der Waals surface area contributed by atoms with E-state index >= 15 is 0 Å². The van der Waals surface area contributed by atoms with E-state index in [0.717, 1.165) is 16.9 Å². The van der Waals surface area contributed by atoms with Crippen molar-refractivity contribution in [1.29, 1.82) is 0 Å². The second-order valence-corrected chi connectivity index (χ2v) is 3.96. The highest BCUT2D eigenvalue weighted by Crippen LogP contribution is 2.23. The molecule has 2 rings (SSSR count). The number of aldehydes is 1. The van der Waals surface area contributed by atoms with E-state index in [-0.39, 0.29) is 0 Å². The molecule has 2 aromatic heterocycles. The fraction of sp³-hybridized carbons (Fsp3) is 0.100. The SMILES string of the molecule is Cc1ccnc(-c2ccc(C=O)s2)n1. The van der Waals surface area contributed by atoms with Crippen molar-refractivity contribution in [2.75, 3.05) is 0 Å². The summed E-state index contributed by atoms with van der Waals surface area (Å²) < 4.78 is 0. The first-order chi connectivity index (χ1) is 6.79. The summed E-state index contributed by atoms with van der Waals surface area (Å²) in [5.74, 6) is 0.683. The number of rotatable bonds is 2. The normalized spacial score (nSPS) is 10.1. The molecule has 2 heterocycles. The quantitative estimate of drug-likeness (QED) is 0.705. The van der Waals surface area contributed by atoms with Crippen LogP contribution in [0.25, 0.3) is 10.7 Å². The van der Waals surface area contributed by atoms with Crippen LogP contribution < -0.4 is 0 Å². The third-order valence-electron chi connectivity index (χ3n) is 1.76. The van der Waals surface area contributed by atoms with Crippen molar-refractivity contribution < 1.29 is 4.79 Å². The molecule has 0 aromatic carbocycles. The average molecular weight is 204 g/mol. The summed E-state index contributed by atoms with van der Waals surface area (Å²) in [4.78, 5) is 20.5. The molecule has 70 valence electrons. The molecule has 4 heteroatoms. The highest BCUT2D eigenvalue weighted by Gasteiger charge is 2.04. The van der Waals surface area contributed by atoms with Gasteiger partial charge in [0, 0.05) is 11.9 Å². The second-order valence-electron chi connectivity index (χ2n) is 2.84. The molecule has 14 heavy (non-hydrogen) atoms. The summed E-state index contributed by atoms with van der Waals surface area (Å²) in [6.45, 7) is 1.92. The Hall–Kier alpha value is -1.55. The topological polar surface area (TPSA) is 42.9 Å². The summed E-state index contributed by atoms with van der Waals surface area (Å²) in [7, 11) is 0. The lowest BCUT2D eigenvalue weighted by molar-refractivity contribution is 0.112. The lowest BCUT2D eigenvalue weighted by atomic mass is 10.4. The Bertz CT molecular complexity index is 465. The zero-order valence-corrected chi connectivity index (χ0v) is 8.41. The van der Waals surface area contributed by atoms with Crippen LogP contribution in [0.15, 0.2) is 24.4 Å². The van der Waals surface area contributed by atoms with E-state index < -0.39 is 0 Å². The van der Waals surface area contributed by atoms with Gasteiger partial charge in [0.25, 0.3) is 0 Å². The fourth-order valence-electron chi connectivity index (χ4n) is 1.10. The van der Waals surface area contributed by atoms with Crippen molar-refractivity contribution in [3.63, 3.8) is 0 Å². The molecule has 0 bridgehead atoms. The summed E-state index contributed by atoms with van der Waals surface area (Å²) in [6, 6.07) is 5.49. The van der Waals surface area contributed by atoms with Gasteiger partial charge < -0.3 is 0 Å². The predicted octanol–water partition coefficient (Wildman–Crippen LogP) is 2.33. The molecule has 0 saturated carbocycles. The van der Waals surface area contributed by atoms with Gasteiger partial charge in [0.1, 0.15) is 0 Å². The molecule has 0 amide bonds. The molecule has 0 aliphatic carbocycles. The molecule has 0 aliphatic rings. The van der Waals surface area contributed by atoms with Crippen molar-refractivity contribution in [3.05, 3.63) is 35.0 Å². The number of hydrogen-bond donors (Lipinski definition) is 0. The van der Waals surface area contributed by atoms with E-state index in [1.54, 1.807) is 12.3 Å². The highest BCUT2D eigenvalue weighted by atomic mass is 32.1. The van der Waals surface area contributed by atoms with Gasteiger partial charge in [0.05, 0.1) is 9.75 Å². The second kappa shape index (κ2) is 3.67. The molecular formula is C10H8N2OS. The molecule has 0 saturated heterocycles. The van der Waals surface area contributed by atoms with Gasteiger partial charge in [-0.3, -0.25) is 4.79 Å². The average Bonchev–Trinajstić information content (AvgIpc) is 2.66. The Labute approximate surface area is 85.5 Å². The van der Waals surface area contributed by atoms with Gasteiger partial charge in [0.2, 0.25) is 0 Å². The van der Waals surface area contributed by atoms with Crippen molar-refractivity contribution in [3.8, 4) is 10.7 Å². The lowest BCUT2D eigenvalue weighted by Crippen LogP contribution is -1.87.